The summed E-state index contributed by atoms with van der Waals surface area (Å²) in [6.07, 6.45) is 0.795. The summed E-state index contributed by atoms with van der Waals surface area (Å²) in [6, 6.07) is 2.03. The van der Waals surface area contributed by atoms with Crippen LogP contribution in [0, 0.1) is 7.43 Å². The molecule has 0 amide bonds. The maximum Gasteiger partial charge on any atom is 0.0471 e. The van der Waals surface area contributed by atoms with Gasteiger partial charge in [-0.1, -0.05) is 0 Å². The van der Waals surface area contributed by atoms with Gasteiger partial charge in [0, 0.05) is 14.0 Å². The standard InChI is InChI=1S/C6H8OS.C/c7-3-1-6-2-4-8-5-6;/h2,4-5,7H,1,3H2;. The van der Waals surface area contributed by atoms with Crippen molar-refractivity contribution in [3.8, 4) is 0 Å². The summed E-state index contributed by atoms with van der Waals surface area (Å²) in [4.78, 5) is 0. The Kier molecular flexibility index (Phi) is 4.36. The zero-order valence-corrected chi connectivity index (χ0v) is 5.82. The van der Waals surface area contributed by atoms with Crippen molar-refractivity contribution in [1.82, 2.24) is 0 Å². The fourth-order valence-corrected chi connectivity index (χ4v) is 1.27. The molecule has 0 unspecified atom stereocenters. The van der Waals surface area contributed by atoms with Gasteiger partial charge in [-0.25, -0.2) is 0 Å². The average molecular weight is 140 g/mol. The Hall–Kier alpha value is -0.340. The molecule has 0 aliphatic rings. The molecule has 4 radical (unpaired) electrons. The predicted octanol–water partition coefficient (Wildman–Crippen LogP) is 1.36. The first-order valence-electron chi connectivity index (χ1n) is 2.55. The van der Waals surface area contributed by atoms with Crippen LogP contribution in [0.3, 0.4) is 0 Å². The van der Waals surface area contributed by atoms with Crippen LogP contribution >= 0.6 is 11.3 Å². The van der Waals surface area contributed by atoms with Gasteiger partial charge in [-0.3, -0.25) is 0 Å². The fraction of sp³-hybridized carbons (Fsp3) is 0.286. The first kappa shape index (κ1) is 8.66. The van der Waals surface area contributed by atoms with Crippen LogP contribution in [-0.2, 0) is 6.42 Å². The van der Waals surface area contributed by atoms with Gasteiger partial charge < -0.3 is 5.11 Å². The minimum atomic E-state index is 0. The summed E-state index contributed by atoms with van der Waals surface area (Å²) in [6.45, 7) is 0.261. The SMILES string of the molecule is OCCc1ccsc1.[C]. The van der Waals surface area contributed by atoms with Crippen molar-refractivity contribution in [3.05, 3.63) is 29.8 Å². The number of hydrogen-bond donors (Lipinski definition) is 1. The third-order valence-corrected chi connectivity index (χ3v) is 1.71. The summed E-state index contributed by atoms with van der Waals surface area (Å²) < 4.78 is 0. The summed E-state index contributed by atoms with van der Waals surface area (Å²) in [7, 11) is 0. The van der Waals surface area contributed by atoms with Crippen molar-refractivity contribution in [2.75, 3.05) is 6.61 Å². The van der Waals surface area contributed by atoms with Gasteiger partial charge in [0.15, 0.2) is 0 Å². The molecular weight excluding hydrogens is 132 g/mol. The molecule has 1 nitrogen and oxygen atoms in total. The van der Waals surface area contributed by atoms with Crippen LogP contribution in [0.4, 0.5) is 0 Å². The maximum atomic E-state index is 8.44. The molecule has 0 spiro atoms. The van der Waals surface area contributed by atoms with Crippen molar-refractivity contribution >= 4 is 11.3 Å². The van der Waals surface area contributed by atoms with Crippen molar-refractivity contribution in [3.63, 3.8) is 0 Å². The minimum absolute atomic E-state index is 0. The van der Waals surface area contributed by atoms with Gasteiger partial charge in [0.1, 0.15) is 0 Å². The number of aliphatic hydroxyl groups is 1. The third-order valence-electron chi connectivity index (χ3n) is 0.981. The van der Waals surface area contributed by atoms with Crippen molar-refractivity contribution < 1.29 is 5.11 Å². The van der Waals surface area contributed by atoms with Gasteiger partial charge in [-0.15, -0.1) is 0 Å². The topological polar surface area (TPSA) is 20.2 Å². The highest BCUT2D eigenvalue weighted by molar-refractivity contribution is 7.07. The highest BCUT2D eigenvalue weighted by Gasteiger charge is 1.87. The van der Waals surface area contributed by atoms with E-state index in [2.05, 4.69) is 5.38 Å². The molecule has 2 heteroatoms. The molecule has 9 heavy (non-hydrogen) atoms. The molecule has 1 heterocycles. The Balaban J connectivity index is 0.000000640. The molecule has 1 aromatic heterocycles. The Morgan fingerprint density at radius 1 is 1.56 bits per heavy atom. The van der Waals surface area contributed by atoms with E-state index in [1.165, 1.54) is 5.56 Å². The number of hydrogen-bond acceptors (Lipinski definition) is 2. The van der Waals surface area contributed by atoms with Crippen molar-refractivity contribution in [2.24, 2.45) is 0 Å². The summed E-state index contributed by atoms with van der Waals surface area (Å²) in [5.74, 6) is 0. The molecule has 48 valence electrons. The quantitative estimate of drug-likeness (QED) is 0.657. The molecule has 1 N–H and O–H groups in total. The Morgan fingerprint density at radius 2 is 2.33 bits per heavy atom. The second-order valence-electron chi connectivity index (χ2n) is 1.61. The van der Waals surface area contributed by atoms with E-state index in [1.54, 1.807) is 11.3 Å². The number of aliphatic hydroxyl groups excluding tert-OH is 1. The van der Waals surface area contributed by atoms with E-state index in [1.807, 2.05) is 11.4 Å². The highest BCUT2D eigenvalue weighted by atomic mass is 32.1. The van der Waals surface area contributed by atoms with Gasteiger partial charge in [-0.05, 0) is 28.8 Å². The van der Waals surface area contributed by atoms with Crippen LogP contribution in [0.25, 0.3) is 0 Å². The van der Waals surface area contributed by atoms with E-state index < -0.39 is 0 Å². The van der Waals surface area contributed by atoms with Gasteiger partial charge in [-0.2, -0.15) is 11.3 Å². The lowest BCUT2D eigenvalue weighted by molar-refractivity contribution is 0.300. The van der Waals surface area contributed by atoms with E-state index >= 15 is 0 Å². The lowest BCUT2D eigenvalue weighted by Crippen LogP contribution is -1.85. The molecule has 0 saturated heterocycles. The van der Waals surface area contributed by atoms with Crippen LogP contribution in [-0.4, -0.2) is 11.7 Å². The van der Waals surface area contributed by atoms with Crippen molar-refractivity contribution in [1.29, 1.82) is 0 Å². The molecular formula is C7H8OS. The maximum absolute atomic E-state index is 8.44. The Bertz CT molecular complexity index is 135. The molecule has 0 saturated carbocycles. The summed E-state index contributed by atoms with van der Waals surface area (Å²) in [5.41, 5.74) is 1.23. The zero-order valence-electron chi connectivity index (χ0n) is 5.00. The lowest BCUT2D eigenvalue weighted by Gasteiger charge is -1.85. The monoisotopic (exact) mass is 140 g/mol. The second-order valence-corrected chi connectivity index (χ2v) is 2.39. The summed E-state index contributed by atoms with van der Waals surface area (Å²) in [5, 5.41) is 12.5. The molecule has 0 aliphatic carbocycles. The second kappa shape index (κ2) is 4.53. The largest absolute Gasteiger partial charge is 0.396 e. The first-order valence-corrected chi connectivity index (χ1v) is 3.49. The molecule has 0 aromatic carbocycles. The lowest BCUT2D eigenvalue weighted by atomic mass is 10.3. The normalized spacial score (nSPS) is 8.56. The third kappa shape index (κ3) is 2.63. The molecule has 0 atom stereocenters. The smallest absolute Gasteiger partial charge is 0.0471 e. The van der Waals surface area contributed by atoms with Gasteiger partial charge >= 0.3 is 0 Å². The average Bonchev–Trinajstić information content (AvgIpc) is 2.19. The minimum Gasteiger partial charge on any atom is -0.396 e. The first-order chi connectivity index (χ1) is 3.93. The molecule has 0 aliphatic heterocycles. The van der Waals surface area contributed by atoms with E-state index in [4.69, 9.17) is 5.11 Å². The van der Waals surface area contributed by atoms with Crippen LogP contribution in [0.2, 0.25) is 0 Å². The number of rotatable bonds is 2. The van der Waals surface area contributed by atoms with E-state index in [-0.39, 0.29) is 14.0 Å². The molecule has 0 bridgehead atoms. The van der Waals surface area contributed by atoms with E-state index in [9.17, 15) is 0 Å². The highest BCUT2D eigenvalue weighted by Crippen LogP contribution is 2.05. The van der Waals surface area contributed by atoms with Crippen LogP contribution < -0.4 is 0 Å². The van der Waals surface area contributed by atoms with Crippen LogP contribution in [0.5, 0.6) is 0 Å². The van der Waals surface area contributed by atoms with Gasteiger partial charge in [0.2, 0.25) is 0 Å². The molecule has 1 aromatic rings. The van der Waals surface area contributed by atoms with Crippen LogP contribution in [0.15, 0.2) is 16.8 Å². The van der Waals surface area contributed by atoms with E-state index in [0.29, 0.717) is 0 Å². The molecule has 0 fully saturated rings. The fourth-order valence-electron chi connectivity index (χ4n) is 0.564. The Labute approximate surface area is 60.0 Å². The molecule has 1 rings (SSSR count). The van der Waals surface area contributed by atoms with Crippen molar-refractivity contribution in [2.45, 2.75) is 6.42 Å². The van der Waals surface area contributed by atoms with Crippen LogP contribution in [0.1, 0.15) is 5.56 Å². The Morgan fingerprint density at radius 3 is 2.78 bits per heavy atom. The predicted molar refractivity (Wildman–Crippen MR) is 38.4 cm³/mol. The van der Waals surface area contributed by atoms with E-state index in [0.717, 1.165) is 6.42 Å². The number of thiophene rings is 1. The van der Waals surface area contributed by atoms with Gasteiger partial charge in [0.25, 0.3) is 0 Å². The van der Waals surface area contributed by atoms with Gasteiger partial charge in [0.05, 0.1) is 0 Å². The summed E-state index contributed by atoms with van der Waals surface area (Å²) >= 11 is 1.67. The zero-order chi connectivity index (χ0) is 5.82.